The molecule has 1 heterocycles. The summed E-state index contributed by atoms with van der Waals surface area (Å²) in [5.41, 5.74) is 0.929. The van der Waals surface area contributed by atoms with Gasteiger partial charge in [0.15, 0.2) is 6.29 Å². The maximum absolute atomic E-state index is 10.2. The Kier molecular flexibility index (Phi) is 3.60. The summed E-state index contributed by atoms with van der Waals surface area (Å²) in [6, 6.07) is 15.0. The number of para-hydroxylation sites is 1. The summed E-state index contributed by atoms with van der Waals surface area (Å²) in [6.45, 7) is 0.0536. The predicted octanol–water partition coefficient (Wildman–Crippen LogP) is 3.67. The van der Waals surface area contributed by atoms with Crippen LogP contribution in [0.2, 0.25) is 0 Å². The van der Waals surface area contributed by atoms with Crippen LogP contribution in [0.5, 0.6) is 16.7 Å². The number of hydrogen-bond acceptors (Lipinski definition) is 5. The average Bonchev–Trinajstić information content (AvgIpc) is 2.89. The third-order valence-corrected chi connectivity index (χ3v) is 3.54. The molecule has 0 unspecified atom stereocenters. The van der Waals surface area contributed by atoms with Gasteiger partial charge in [0.1, 0.15) is 18.1 Å². The van der Waals surface area contributed by atoms with Crippen LogP contribution >= 0.6 is 11.3 Å². The molecule has 3 aromatic rings. The maximum Gasteiger partial charge on any atom is 0.279 e. The molecule has 4 nitrogen and oxygen atoms in total. The highest BCUT2D eigenvalue weighted by molar-refractivity contribution is 7.20. The van der Waals surface area contributed by atoms with Crippen LogP contribution in [0.25, 0.3) is 10.2 Å². The highest BCUT2D eigenvalue weighted by Crippen LogP contribution is 2.31. The molecule has 0 spiro atoms. The molecule has 0 saturated heterocycles. The summed E-state index contributed by atoms with van der Waals surface area (Å²) >= 11 is 1.50. The Hall–Kier alpha value is -2.40. The summed E-state index contributed by atoms with van der Waals surface area (Å²) in [5, 5.41) is 0.604. The van der Waals surface area contributed by atoms with Crippen molar-refractivity contribution in [2.45, 2.75) is 0 Å². The van der Waals surface area contributed by atoms with Gasteiger partial charge in [0, 0.05) is 0 Å². The Morgan fingerprint density at radius 2 is 1.80 bits per heavy atom. The predicted molar refractivity (Wildman–Crippen MR) is 77.7 cm³/mol. The van der Waals surface area contributed by atoms with E-state index in [1.54, 1.807) is 24.3 Å². The Labute approximate surface area is 119 Å². The van der Waals surface area contributed by atoms with Crippen LogP contribution in [-0.2, 0) is 4.79 Å². The maximum atomic E-state index is 10.2. The highest BCUT2D eigenvalue weighted by atomic mass is 32.1. The zero-order valence-corrected chi connectivity index (χ0v) is 11.3. The van der Waals surface area contributed by atoms with E-state index >= 15 is 0 Å². The largest absolute Gasteiger partial charge is 0.486 e. The highest BCUT2D eigenvalue weighted by Gasteiger charge is 2.05. The number of aldehydes is 1. The van der Waals surface area contributed by atoms with Crippen molar-refractivity contribution in [2.24, 2.45) is 0 Å². The van der Waals surface area contributed by atoms with Crippen molar-refractivity contribution in [1.82, 2.24) is 4.98 Å². The molecule has 0 aliphatic rings. The molecular formula is C15H11NO3S. The standard InChI is InChI=1S/C15H11NO3S/c17-9-10-18-11-5-7-12(8-6-11)19-15-16-13-3-1-2-4-14(13)20-15/h1-9H,10H2. The molecule has 0 saturated carbocycles. The van der Waals surface area contributed by atoms with E-state index in [0.717, 1.165) is 10.2 Å². The van der Waals surface area contributed by atoms with Crippen LogP contribution in [0, 0.1) is 0 Å². The lowest BCUT2D eigenvalue weighted by molar-refractivity contribution is -0.109. The summed E-state index contributed by atoms with van der Waals surface area (Å²) in [7, 11) is 0. The lowest BCUT2D eigenvalue weighted by Crippen LogP contribution is -1.97. The summed E-state index contributed by atoms with van der Waals surface area (Å²) in [6.07, 6.45) is 0.714. The number of carbonyl (C=O) groups is 1. The zero-order chi connectivity index (χ0) is 13.8. The molecule has 0 amide bonds. The smallest absolute Gasteiger partial charge is 0.279 e. The number of benzene rings is 2. The van der Waals surface area contributed by atoms with Gasteiger partial charge in [-0.1, -0.05) is 23.5 Å². The van der Waals surface area contributed by atoms with Gasteiger partial charge in [-0.2, -0.15) is 0 Å². The van der Waals surface area contributed by atoms with Crippen molar-refractivity contribution in [3.8, 4) is 16.7 Å². The van der Waals surface area contributed by atoms with Gasteiger partial charge < -0.3 is 9.47 Å². The molecule has 1 aromatic heterocycles. The van der Waals surface area contributed by atoms with Crippen molar-refractivity contribution in [3.05, 3.63) is 48.5 Å². The molecule has 0 N–H and O–H groups in total. The van der Waals surface area contributed by atoms with Gasteiger partial charge in [0.25, 0.3) is 5.19 Å². The molecule has 0 radical (unpaired) electrons. The first-order chi connectivity index (χ1) is 9.85. The Morgan fingerprint density at radius 3 is 2.55 bits per heavy atom. The van der Waals surface area contributed by atoms with Gasteiger partial charge in [-0.15, -0.1) is 0 Å². The van der Waals surface area contributed by atoms with Gasteiger partial charge in [-0.05, 0) is 36.4 Å². The van der Waals surface area contributed by atoms with Crippen LogP contribution in [0.15, 0.2) is 48.5 Å². The number of thiazole rings is 1. The second-order valence-corrected chi connectivity index (χ2v) is 4.99. The van der Waals surface area contributed by atoms with E-state index in [2.05, 4.69) is 4.98 Å². The first-order valence-corrected chi connectivity index (χ1v) is 6.87. The number of ether oxygens (including phenoxy) is 2. The van der Waals surface area contributed by atoms with E-state index in [-0.39, 0.29) is 6.61 Å². The third kappa shape index (κ3) is 2.78. The number of rotatable bonds is 5. The first kappa shape index (κ1) is 12.6. The average molecular weight is 285 g/mol. The quantitative estimate of drug-likeness (QED) is 0.671. The second-order valence-electron chi connectivity index (χ2n) is 4.00. The van der Waals surface area contributed by atoms with Crippen LogP contribution in [-0.4, -0.2) is 17.9 Å². The number of hydrogen-bond donors (Lipinski definition) is 0. The number of fused-ring (bicyclic) bond motifs is 1. The number of nitrogens with zero attached hydrogens (tertiary/aromatic N) is 1. The van der Waals surface area contributed by atoms with Crippen molar-refractivity contribution in [3.63, 3.8) is 0 Å². The molecule has 100 valence electrons. The molecule has 0 aliphatic heterocycles. The van der Waals surface area contributed by atoms with Crippen molar-refractivity contribution in [1.29, 1.82) is 0 Å². The van der Waals surface area contributed by atoms with Gasteiger partial charge in [-0.25, -0.2) is 4.98 Å². The van der Waals surface area contributed by atoms with E-state index in [9.17, 15) is 4.79 Å². The van der Waals surface area contributed by atoms with E-state index in [4.69, 9.17) is 9.47 Å². The molecule has 0 bridgehead atoms. The van der Waals surface area contributed by atoms with E-state index in [1.807, 2.05) is 24.3 Å². The lowest BCUT2D eigenvalue weighted by Gasteiger charge is -2.04. The van der Waals surface area contributed by atoms with Crippen molar-refractivity contribution < 1.29 is 14.3 Å². The normalized spacial score (nSPS) is 10.4. The summed E-state index contributed by atoms with van der Waals surface area (Å²) in [4.78, 5) is 14.6. The van der Waals surface area contributed by atoms with Crippen LogP contribution < -0.4 is 9.47 Å². The first-order valence-electron chi connectivity index (χ1n) is 6.05. The monoisotopic (exact) mass is 285 g/mol. The molecule has 0 fully saturated rings. The zero-order valence-electron chi connectivity index (χ0n) is 10.5. The number of aromatic nitrogens is 1. The molecule has 0 atom stereocenters. The van der Waals surface area contributed by atoms with E-state index < -0.39 is 0 Å². The Morgan fingerprint density at radius 1 is 1.05 bits per heavy atom. The second kappa shape index (κ2) is 5.71. The van der Waals surface area contributed by atoms with E-state index in [1.165, 1.54) is 11.3 Å². The minimum atomic E-state index is 0.0536. The molecular weight excluding hydrogens is 274 g/mol. The summed E-state index contributed by atoms with van der Waals surface area (Å²) in [5.74, 6) is 1.32. The van der Waals surface area contributed by atoms with Gasteiger partial charge in [0.05, 0.1) is 10.2 Å². The SMILES string of the molecule is O=CCOc1ccc(Oc2nc3ccccc3s2)cc1. The van der Waals surface area contributed by atoms with Crippen molar-refractivity contribution >= 4 is 27.8 Å². The molecule has 3 rings (SSSR count). The molecule has 2 aromatic carbocycles. The van der Waals surface area contributed by atoms with Crippen molar-refractivity contribution in [2.75, 3.05) is 6.61 Å². The van der Waals surface area contributed by atoms with Gasteiger partial charge in [-0.3, -0.25) is 4.79 Å². The fourth-order valence-corrected chi connectivity index (χ4v) is 2.56. The summed E-state index contributed by atoms with van der Waals surface area (Å²) < 4.78 is 12.0. The molecule has 0 aliphatic carbocycles. The topological polar surface area (TPSA) is 48.4 Å². The fraction of sp³-hybridized carbons (Fsp3) is 0.0667. The molecule has 5 heteroatoms. The Bertz CT molecular complexity index is 688. The lowest BCUT2D eigenvalue weighted by atomic mass is 10.3. The number of carbonyl (C=O) groups excluding carboxylic acids is 1. The fourth-order valence-electron chi connectivity index (χ4n) is 1.73. The van der Waals surface area contributed by atoms with Crippen LogP contribution in [0.1, 0.15) is 0 Å². The van der Waals surface area contributed by atoms with Crippen LogP contribution in [0.4, 0.5) is 0 Å². The van der Waals surface area contributed by atoms with Gasteiger partial charge >= 0.3 is 0 Å². The van der Waals surface area contributed by atoms with Gasteiger partial charge in [0.2, 0.25) is 0 Å². The minimum absolute atomic E-state index is 0.0536. The van der Waals surface area contributed by atoms with Crippen LogP contribution in [0.3, 0.4) is 0 Å². The van der Waals surface area contributed by atoms with E-state index in [0.29, 0.717) is 23.0 Å². The molecule has 20 heavy (non-hydrogen) atoms. The third-order valence-electron chi connectivity index (χ3n) is 2.62. The minimum Gasteiger partial charge on any atom is -0.486 e. The Balaban J connectivity index is 1.75.